The van der Waals surface area contributed by atoms with Gasteiger partial charge in [0.1, 0.15) is 0 Å². The molecule has 0 radical (unpaired) electrons. The summed E-state index contributed by atoms with van der Waals surface area (Å²) in [6.07, 6.45) is 6.42. The molecule has 1 aromatic heterocycles. The van der Waals surface area contributed by atoms with Gasteiger partial charge in [0.25, 0.3) is 5.91 Å². The largest absolute Gasteiger partial charge is 0.344 e. The number of aromatic nitrogens is 2. The van der Waals surface area contributed by atoms with E-state index in [0.29, 0.717) is 16.3 Å². The first-order chi connectivity index (χ1) is 10.6. The Hall–Kier alpha value is -2.78. The molecule has 1 aromatic carbocycles. The van der Waals surface area contributed by atoms with Gasteiger partial charge in [0.2, 0.25) is 5.91 Å². The third-order valence-electron chi connectivity index (χ3n) is 2.79. The lowest BCUT2D eigenvalue weighted by molar-refractivity contribution is -0.119. The third-order valence-corrected chi connectivity index (χ3v) is 3.03. The van der Waals surface area contributed by atoms with E-state index in [4.69, 9.17) is 18.0 Å². The first-order valence-electron chi connectivity index (χ1n) is 6.39. The van der Waals surface area contributed by atoms with E-state index in [1.165, 1.54) is 6.20 Å². The molecule has 0 aliphatic heterocycles. The minimum Gasteiger partial charge on any atom is -0.344 e. The smallest absolute Gasteiger partial charge is 0.255 e. The van der Waals surface area contributed by atoms with Gasteiger partial charge in [-0.1, -0.05) is 29.7 Å². The van der Waals surface area contributed by atoms with E-state index in [-0.39, 0.29) is 19.0 Å². The summed E-state index contributed by atoms with van der Waals surface area (Å²) in [7, 11) is 0. The van der Waals surface area contributed by atoms with Crippen molar-refractivity contribution in [2.75, 3.05) is 13.1 Å². The van der Waals surface area contributed by atoms with Crippen molar-refractivity contribution in [3.63, 3.8) is 0 Å². The summed E-state index contributed by atoms with van der Waals surface area (Å²) in [5.41, 5.74) is 1.59. The maximum atomic E-state index is 12.1. The van der Waals surface area contributed by atoms with Crippen molar-refractivity contribution < 1.29 is 9.59 Å². The first-order valence-corrected chi connectivity index (χ1v) is 6.77. The second-order valence-corrected chi connectivity index (χ2v) is 4.77. The van der Waals surface area contributed by atoms with Crippen molar-refractivity contribution in [3.05, 3.63) is 41.0 Å². The minimum atomic E-state index is -0.417. The molecular formula is C15H13ClN4O2. The van der Waals surface area contributed by atoms with Gasteiger partial charge in [-0.3, -0.25) is 14.7 Å². The van der Waals surface area contributed by atoms with Crippen LogP contribution in [0.4, 0.5) is 0 Å². The van der Waals surface area contributed by atoms with Crippen LogP contribution in [0.1, 0.15) is 10.4 Å². The van der Waals surface area contributed by atoms with Crippen LogP contribution in [0.2, 0.25) is 5.02 Å². The van der Waals surface area contributed by atoms with Gasteiger partial charge >= 0.3 is 0 Å². The molecule has 0 aliphatic carbocycles. The van der Waals surface area contributed by atoms with Crippen LogP contribution in [0.3, 0.4) is 0 Å². The van der Waals surface area contributed by atoms with Crippen LogP contribution in [0.25, 0.3) is 11.3 Å². The summed E-state index contributed by atoms with van der Waals surface area (Å²) in [5, 5.41) is 12.1. The monoisotopic (exact) mass is 316 g/mol. The number of H-pyrrole nitrogens is 1. The fourth-order valence-corrected chi connectivity index (χ4v) is 1.98. The standard InChI is InChI=1S/C15H13ClN4O2/c1-2-6-17-13(21)9-18-15(22)12-8-19-20-14(12)10-4-3-5-11(16)7-10/h1,3-5,7-8H,6,9H2,(H,17,21)(H,18,22)(H,19,20). The van der Waals surface area contributed by atoms with E-state index in [0.717, 1.165) is 5.56 Å². The van der Waals surface area contributed by atoms with Crippen LogP contribution in [0.15, 0.2) is 30.5 Å². The molecule has 0 atom stereocenters. The normalized spacial score (nSPS) is 9.82. The SMILES string of the molecule is C#CCNC(=O)CNC(=O)c1cn[nH]c1-c1cccc(Cl)c1. The molecule has 6 nitrogen and oxygen atoms in total. The Labute approximate surface area is 132 Å². The summed E-state index contributed by atoms with van der Waals surface area (Å²) in [6, 6.07) is 7.02. The lowest BCUT2D eigenvalue weighted by Crippen LogP contribution is -2.37. The highest BCUT2D eigenvalue weighted by Gasteiger charge is 2.16. The maximum Gasteiger partial charge on any atom is 0.255 e. The van der Waals surface area contributed by atoms with E-state index >= 15 is 0 Å². The molecule has 0 spiro atoms. The average molecular weight is 317 g/mol. The Balaban J connectivity index is 2.08. The highest BCUT2D eigenvalue weighted by molar-refractivity contribution is 6.30. The molecule has 0 saturated heterocycles. The van der Waals surface area contributed by atoms with Crippen molar-refractivity contribution in [1.82, 2.24) is 20.8 Å². The predicted octanol–water partition coefficient (Wildman–Crippen LogP) is 1.21. The van der Waals surface area contributed by atoms with Crippen molar-refractivity contribution in [2.24, 2.45) is 0 Å². The van der Waals surface area contributed by atoms with E-state index in [9.17, 15) is 9.59 Å². The zero-order valence-electron chi connectivity index (χ0n) is 11.5. The van der Waals surface area contributed by atoms with Crippen molar-refractivity contribution >= 4 is 23.4 Å². The van der Waals surface area contributed by atoms with Crippen LogP contribution in [-0.4, -0.2) is 35.1 Å². The van der Waals surface area contributed by atoms with Gasteiger partial charge in [-0.05, 0) is 12.1 Å². The molecule has 2 amide bonds. The molecule has 0 fully saturated rings. The van der Waals surface area contributed by atoms with E-state index < -0.39 is 5.91 Å². The molecule has 0 unspecified atom stereocenters. The quantitative estimate of drug-likeness (QED) is 0.725. The van der Waals surface area contributed by atoms with Gasteiger partial charge in [-0.15, -0.1) is 6.42 Å². The number of carbonyl (C=O) groups is 2. The number of carbonyl (C=O) groups excluding carboxylic acids is 2. The van der Waals surface area contributed by atoms with E-state index in [1.54, 1.807) is 24.3 Å². The number of benzene rings is 1. The van der Waals surface area contributed by atoms with Crippen LogP contribution < -0.4 is 10.6 Å². The van der Waals surface area contributed by atoms with E-state index in [1.807, 2.05) is 0 Å². The molecule has 2 aromatic rings. The van der Waals surface area contributed by atoms with Crippen molar-refractivity contribution in [3.8, 4) is 23.6 Å². The summed E-state index contributed by atoms with van der Waals surface area (Å²) in [5.74, 6) is 1.50. The number of hydrogen-bond donors (Lipinski definition) is 3. The van der Waals surface area contributed by atoms with Gasteiger partial charge in [-0.25, -0.2) is 0 Å². The molecule has 0 bridgehead atoms. The average Bonchev–Trinajstić information content (AvgIpc) is 3.00. The summed E-state index contributed by atoms with van der Waals surface area (Å²) in [6.45, 7) is -0.0468. The molecular weight excluding hydrogens is 304 g/mol. The minimum absolute atomic E-state index is 0.119. The zero-order valence-corrected chi connectivity index (χ0v) is 12.3. The van der Waals surface area contributed by atoms with Crippen LogP contribution in [0, 0.1) is 12.3 Å². The Morgan fingerprint density at radius 3 is 2.91 bits per heavy atom. The highest BCUT2D eigenvalue weighted by Crippen LogP contribution is 2.23. The summed E-state index contributed by atoms with van der Waals surface area (Å²) in [4.78, 5) is 23.6. The summed E-state index contributed by atoms with van der Waals surface area (Å²) >= 11 is 5.94. The highest BCUT2D eigenvalue weighted by atomic mass is 35.5. The van der Waals surface area contributed by atoms with Gasteiger partial charge in [0, 0.05) is 10.6 Å². The topological polar surface area (TPSA) is 86.9 Å². The van der Waals surface area contributed by atoms with Crippen LogP contribution in [0.5, 0.6) is 0 Å². The lowest BCUT2D eigenvalue weighted by atomic mass is 10.1. The molecule has 22 heavy (non-hydrogen) atoms. The molecule has 2 rings (SSSR count). The van der Waals surface area contributed by atoms with Gasteiger partial charge < -0.3 is 10.6 Å². The Bertz CT molecular complexity index is 733. The Morgan fingerprint density at radius 2 is 2.18 bits per heavy atom. The van der Waals surface area contributed by atoms with Crippen molar-refractivity contribution in [1.29, 1.82) is 0 Å². The number of halogens is 1. The first kappa shape index (κ1) is 15.6. The molecule has 1 heterocycles. The number of aromatic amines is 1. The Kier molecular flexibility index (Phi) is 5.17. The van der Waals surface area contributed by atoms with Crippen molar-refractivity contribution in [2.45, 2.75) is 0 Å². The molecule has 7 heteroatoms. The second kappa shape index (κ2) is 7.29. The number of terminal acetylenes is 1. The zero-order chi connectivity index (χ0) is 15.9. The molecule has 112 valence electrons. The third kappa shape index (κ3) is 3.87. The predicted molar refractivity (Wildman–Crippen MR) is 83.2 cm³/mol. The fraction of sp³-hybridized carbons (Fsp3) is 0.133. The van der Waals surface area contributed by atoms with Gasteiger partial charge in [0.15, 0.2) is 0 Å². The Morgan fingerprint density at radius 1 is 1.36 bits per heavy atom. The van der Waals surface area contributed by atoms with Crippen LogP contribution >= 0.6 is 11.6 Å². The number of amides is 2. The van der Waals surface area contributed by atoms with E-state index in [2.05, 4.69) is 26.8 Å². The number of nitrogens with one attached hydrogen (secondary N) is 3. The molecule has 0 aliphatic rings. The number of nitrogens with zero attached hydrogens (tertiary/aromatic N) is 1. The summed E-state index contributed by atoms with van der Waals surface area (Å²) < 4.78 is 0. The number of rotatable bonds is 5. The molecule has 3 N–H and O–H groups in total. The maximum absolute atomic E-state index is 12.1. The fourth-order valence-electron chi connectivity index (χ4n) is 1.79. The second-order valence-electron chi connectivity index (χ2n) is 4.33. The lowest BCUT2D eigenvalue weighted by Gasteiger charge is -2.06. The van der Waals surface area contributed by atoms with Gasteiger partial charge in [0.05, 0.1) is 30.5 Å². The van der Waals surface area contributed by atoms with Gasteiger partial charge in [-0.2, -0.15) is 5.10 Å². The number of hydrogen-bond acceptors (Lipinski definition) is 3. The van der Waals surface area contributed by atoms with Crippen LogP contribution in [-0.2, 0) is 4.79 Å². The molecule has 0 saturated carbocycles.